The van der Waals surface area contributed by atoms with E-state index in [0.717, 1.165) is 11.3 Å². The minimum Gasteiger partial charge on any atom is -0.331 e. The van der Waals surface area contributed by atoms with Crippen molar-refractivity contribution in [1.29, 1.82) is 0 Å². The number of rotatable bonds is 4. The topological polar surface area (TPSA) is 65.5 Å². The Morgan fingerprint density at radius 3 is 2.22 bits per heavy atom. The summed E-state index contributed by atoms with van der Waals surface area (Å²) in [7, 11) is 0. The van der Waals surface area contributed by atoms with Crippen LogP contribution in [0.3, 0.4) is 0 Å². The Balaban J connectivity index is 1.84. The minimum absolute atomic E-state index is 0.120. The molecule has 0 spiro atoms. The van der Waals surface area contributed by atoms with Crippen LogP contribution in [-0.2, 0) is 4.79 Å². The maximum atomic E-state index is 12.8. The van der Waals surface area contributed by atoms with Crippen molar-refractivity contribution in [2.45, 2.75) is 6.92 Å². The number of thiocarbonyl (C=S) groups is 1. The van der Waals surface area contributed by atoms with Crippen LogP contribution >= 0.6 is 12.2 Å². The van der Waals surface area contributed by atoms with Gasteiger partial charge in [0.2, 0.25) is 5.91 Å². The molecule has 0 fully saturated rings. The molecule has 0 saturated carbocycles. The van der Waals surface area contributed by atoms with Gasteiger partial charge in [-0.25, -0.2) is 4.39 Å². The summed E-state index contributed by atoms with van der Waals surface area (Å²) in [5.41, 5.74) is 4.90. The molecule has 2 rings (SSSR count). The minimum atomic E-state index is -0.310. The van der Waals surface area contributed by atoms with E-state index >= 15 is 0 Å². The molecule has 23 heavy (non-hydrogen) atoms. The standard InChI is InChI=1S/C16H15FN4OS/c1-11(22)19-14-6-2-12(3-7-14)10-18-21-16(23)20-15-8-4-13(17)5-9-15/h2-10H,1H3,(H,19,22)(H2,20,21,23). The number of hydrogen-bond donors (Lipinski definition) is 3. The van der Waals surface area contributed by atoms with Crippen LogP contribution in [0.15, 0.2) is 53.6 Å². The van der Waals surface area contributed by atoms with E-state index in [2.05, 4.69) is 21.2 Å². The number of benzene rings is 2. The quantitative estimate of drug-likeness (QED) is 0.458. The van der Waals surface area contributed by atoms with Crippen LogP contribution in [0.5, 0.6) is 0 Å². The van der Waals surface area contributed by atoms with Crippen LogP contribution in [0.2, 0.25) is 0 Å². The van der Waals surface area contributed by atoms with Crippen molar-refractivity contribution >= 4 is 40.8 Å². The Morgan fingerprint density at radius 1 is 1.04 bits per heavy atom. The van der Waals surface area contributed by atoms with Crippen LogP contribution in [0, 0.1) is 5.82 Å². The van der Waals surface area contributed by atoms with Gasteiger partial charge in [-0.1, -0.05) is 12.1 Å². The number of carbonyl (C=O) groups is 1. The second-order valence-corrected chi connectivity index (χ2v) is 5.04. The molecule has 0 aromatic heterocycles. The summed E-state index contributed by atoms with van der Waals surface area (Å²) in [5.74, 6) is -0.430. The van der Waals surface area contributed by atoms with Crippen LogP contribution in [0.1, 0.15) is 12.5 Å². The fraction of sp³-hybridized carbons (Fsp3) is 0.0625. The van der Waals surface area contributed by atoms with Crippen molar-refractivity contribution in [3.8, 4) is 0 Å². The van der Waals surface area contributed by atoms with Gasteiger partial charge in [-0.2, -0.15) is 5.10 Å². The Labute approximate surface area is 138 Å². The third-order valence-electron chi connectivity index (χ3n) is 2.71. The highest BCUT2D eigenvalue weighted by Gasteiger charge is 1.97. The molecule has 1 amide bonds. The van der Waals surface area contributed by atoms with Gasteiger partial charge in [-0.15, -0.1) is 0 Å². The highest BCUT2D eigenvalue weighted by molar-refractivity contribution is 7.80. The van der Waals surface area contributed by atoms with E-state index in [1.54, 1.807) is 30.5 Å². The summed E-state index contributed by atoms with van der Waals surface area (Å²) in [6.07, 6.45) is 1.59. The maximum Gasteiger partial charge on any atom is 0.221 e. The summed E-state index contributed by atoms with van der Waals surface area (Å²) in [6.45, 7) is 1.45. The van der Waals surface area contributed by atoms with Gasteiger partial charge >= 0.3 is 0 Å². The monoisotopic (exact) mass is 330 g/mol. The number of nitrogens with one attached hydrogen (secondary N) is 3. The molecule has 2 aromatic carbocycles. The van der Waals surface area contributed by atoms with E-state index < -0.39 is 0 Å². The average Bonchev–Trinajstić information content (AvgIpc) is 2.51. The van der Waals surface area contributed by atoms with Gasteiger partial charge in [0.25, 0.3) is 0 Å². The van der Waals surface area contributed by atoms with Crippen molar-refractivity contribution in [3.63, 3.8) is 0 Å². The Kier molecular flexibility index (Phi) is 5.76. The van der Waals surface area contributed by atoms with Crippen molar-refractivity contribution in [1.82, 2.24) is 5.43 Å². The molecule has 0 aliphatic rings. The van der Waals surface area contributed by atoms with E-state index in [1.807, 2.05) is 12.1 Å². The molecule has 0 saturated heterocycles. The molecule has 0 aliphatic heterocycles. The predicted octanol–water partition coefficient (Wildman–Crippen LogP) is 3.10. The van der Waals surface area contributed by atoms with Crippen LogP contribution in [-0.4, -0.2) is 17.2 Å². The van der Waals surface area contributed by atoms with Crippen LogP contribution < -0.4 is 16.1 Å². The van der Waals surface area contributed by atoms with E-state index in [-0.39, 0.29) is 11.7 Å². The molecule has 3 N–H and O–H groups in total. The van der Waals surface area contributed by atoms with Gasteiger partial charge < -0.3 is 10.6 Å². The second kappa shape index (κ2) is 8.00. The molecule has 0 unspecified atom stereocenters. The van der Waals surface area contributed by atoms with Crippen molar-refractivity contribution in [2.24, 2.45) is 5.10 Å². The summed E-state index contributed by atoms with van der Waals surface area (Å²) in [4.78, 5) is 10.9. The first-order valence-electron chi connectivity index (χ1n) is 6.76. The fourth-order valence-electron chi connectivity index (χ4n) is 1.71. The normalized spacial score (nSPS) is 10.3. The lowest BCUT2D eigenvalue weighted by atomic mass is 10.2. The zero-order valence-electron chi connectivity index (χ0n) is 12.3. The molecule has 0 aliphatic carbocycles. The number of halogens is 1. The first-order valence-corrected chi connectivity index (χ1v) is 7.17. The number of nitrogens with zero attached hydrogens (tertiary/aromatic N) is 1. The lowest BCUT2D eigenvalue weighted by Gasteiger charge is -2.06. The van der Waals surface area contributed by atoms with E-state index in [4.69, 9.17) is 12.2 Å². The molecular formula is C16H15FN4OS. The number of hydrogen-bond acceptors (Lipinski definition) is 3. The number of anilines is 2. The molecule has 2 aromatic rings. The van der Waals surface area contributed by atoms with E-state index in [9.17, 15) is 9.18 Å². The van der Waals surface area contributed by atoms with Gasteiger partial charge in [-0.05, 0) is 54.2 Å². The molecule has 0 bridgehead atoms. The Bertz CT molecular complexity index is 714. The van der Waals surface area contributed by atoms with Crippen molar-refractivity contribution < 1.29 is 9.18 Å². The molecule has 7 heteroatoms. The third-order valence-corrected chi connectivity index (χ3v) is 2.91. The van der Waals surface area contributed by atoms with Gasteiger partial charge in [0.05, 0.1) is 6.21 Å². The molecule has 0 radical (unpaired) electrons. The summed E-state index contributed by atoms with van der Waals surface area (Å²) in [5, 5.41) is 9.86. The first kappa shape index (κ1) is 16.6. The van der Waals surface area contributed by atoms with Crippen molar-refractivity contribution in [3.05, 3.63) is 59.9 Å². The lowest BCUT2D eigenvalue weighted by molar-refractivity contribution is -0.114. The molecule has 0 heterocycles. The predicted molar refractivity (Wildman–Crippen MR) is 94.1 cm³/mol. The van der Waals surface area contributed by atoms with Gasteiger partial charge in [0.1, 0.15) is 5.82 Å². The van der Waals surface area contributed by atoms with Gasteiger partial charge in [0.15, 0.2) is 5.11 Å². The summed E-state index contributed by atoms with van der Waals surface area (Å²) >= 11 is 5.08. The first-order chi connectivity index (χ1) is 11.0. The van der Waals surface area contributed by atoms with Crippen molar-refractivity contribution in [2.75, 3.05) is 10.6 Å². The fourth-order valence-corrected chi connectivity index (χ4v) is 1.88. The highest BCUT2D eigenvalue weighted by atomic mass is 32.1. The molecule has 5 nitrogen and oxygen atoms in total. The Morgan fingerprint density at radius 2 is 1.61 bits per heavy atom. The molecular weight excluding hydrogens is 315 g/mol. The SMILES string of the molecule is CC(=O)Nc1ccc(C=NNC(=S)Nc2ccc(F)cc2)cc1. The molecule has 0 atom stereocenters. The van der Waals surface area contributed by atoms with E-state index in [1.165, 1.54) is 19.1 Å². The van der Waals surface area contributed by atoms with Gasteiger partial charge in [0, 0.05) is 18.3 Å². The highest BCUT2D eigenvalue weighted by Crippen LogP contribution is 2.09. The smallest absolute Gasteiger partial charge is 0.221 e. The zero-order valence-corrected chi connectivity index (χ0v) is 13.2. The third kappa shape index (κ3) is 5.84. The maximum absolute atomic E-state index is 12.8. The summed E-state index contributed by atoms with van der Waals surface area (Å²) in [6, 6.07) is 13.0. The van der Waals surface area contributed by atoms with Crippen LogP contribution in [0.25, 0.3) is 0 Å². The summed E-state index contributed by atoms with van der Waals surface area (Å²) < 4.78 is 12.8. The lowest BCUT2D eigenvalue weighted by Crippen LogP contribution is -2.23. The van der Waals surface area contributed by atoms with E-state index in [0.29, 0.717) is 10.8 Å². The number of carbonyl (C=O) groups excluding carboxylic acids is 1. The second-order valence-electron chi connectivity index (χ2n) is 4.63. The Hall–Kier alpha value is -2.80. The zero-order chi connectivity index (χ0) is 16.7. The largest absolute Gasteiger partial charge is 0.331 e. The number of amides is 1. The number of hydrazone groups is 1. The van der Waals surface area contributed by atoms with Gasteiger partial charge in [-0.3, -0.25) is 10.2 Å². The average molecular weight is 330 g/mol. The van der Waals surface area contributed by atoms with Crippen LogP contribution in [0.4, 0.5) is 15.8 Å². The molecule has 118 valence electrons.